The molecule has 0 aliphatic carbocycles. The zero-order chi connectivity index (χ0) is 13.5. The number of nitrogens with zero attached hydrogens (tertiary/aromatic N) is 3. The Morgan fingerprint density at radius 2 is 2.20 bits per heavy atom. The highest BCUT2D eigenvalue weighted by atomic mass is 35.5. The van der Waals surface area contributed by atoms with Gasteiger partial charge in [0.2, 0.25) is 0 Å². The van der Waals surface area contributed by atoms with Crippen LogP contribution < -0.4 is 0 Å². The van der Waals surface area contributed by atoms with Crippen LogP contribution in [-0.2, 0) is 10.6 Å². The monoisotopic (exact) mass is 287 g/mol. The van der Waals surface area contributed by atoms with Crippen molar-refractivity contribution in [2.75, 3.05) is 13.2 Å². The van der Waals surface area contributed by atoms with Crippen molar-refractivity contribution < 1.29 is 4.74 Å². The quantitative estimate of drug-likeness (QED) is 0.679. The molecule has 1 aliphatic heterocycles. The molecule has 5 heteroatoms. The maximum absolute atomic E-state index is 6.09. The molecule has 1 unspecified atom stereocenters. The first-order valence-corrected chi connectivity index (χ1v) is 7.30. The molecule has 1 saturated heterocycles. The van der Waals surface area contributed by atoms with Gasteiger partial charge in [-0.15, -0.1) is 11.6 Å². The summed E-state index contributed by atoms with van der Waals surface area (Å²) >= 11 is 6.09. The van der Waals surface area contributed by atoms with Crippen molar-refractivity contribution in [3.63, 3.8) is 0 Å². The van der Waals surface area contributed by atoms with Gasteiger partial charge in [0, 0.05) is 12.0 Å². The van der Waals surface area contributed by atoms with Crippen molar-refractivity contribution in [2.24, 2.45) is 0 Å². The van der Waals surface area contributed by atoms with Gasteiger partial charge in [0.25, 0.3) is 0 Å². The topological polar surface area (TPSA) is 39.9 Å². The molecule has 1 atom stereocenters. The predicted octanol–water partition coefficient (Wildman–Crippen LogP) is 3.28. The van der Waals surface area contributed by atoms with Crippen LogP contribution >= 0.6 is 11.6 Å². The second kappa shape index (κ2) is 4.72. The summed E-state index contributed by atoms with van der Waals surface area (Å²) in [5.41, 5.74) is 3.02. The summed E-state index contributed by atoms with van der Waals surface area (Å²) in [5.74, 6) is 1.30. The SMILES string of the molecule is ClCc1nc2cnc3ccccc3c2n1C1CCOC1. The molecule has 3 aromatic rings. The molecular weight excluding hydrogens is 274 g/mol. The number of imidazole rings is 1. The smallest absolute Gasteiger partial charge is 0.125 e. The Hall–Kier alpha value is -1.65. The number of rotatable bonds is 2. The summed E-state index contributed by atoms with van der Waals surface area (Å²) < 4.78 is 7.78. The van der Waals surface area contributed by atoms with E-state index >= 15 is 0 Å². The number of benzene rings is 1. The zero-order valence-corrected chi connectivity index (χ0v) is 11.7. The molecule has 4 nitrogen and oxygen atoms in total. The highest BCUT2D eigenvalue weighted by molar-refractivity contribution is 6.17. The van der Waals surface area contributed by atoms with Gasteiger partial charge in [-0.1, -0.05) is 18.2 Å². The van der Waals surface area contributed by atoms with E-state index in [1.165, 1.54) is 0 Å². The summed E-state index contributed by atoms with van der Waals surface area (Å²) in [4.78, 5) is 9.11. The molecule has 0 saturated carbocycles. The Kier molecular flexibility index (Phi) is 2.86. The first-order chi connectivity index (χ1) is 9.88. The van der Waals surface area contributed by atoms with E-state index in [1.54, 1.807) is 0 Å². The number of pyridine rings is 1. The van der Waals surface area contributed by atoms with Crippen LogP contribution in [0, 0.1) is 0 Å². The fourth-order valence-electron chi connectivity index (χ4n) is 2.99. The van der Waals surface area contributed by atoms with Crippen molar-refractivity contribution in [1.82, 2.24) is 14.5 Å². The highest BCUT2D eigenvalue weighted by Gasteiger charge is 2.24. The highest BCUT2D eigenvalue weighted by Crippen LogP contribution is 2.31. The molecule has 3 heterocycles. The number of fused-ring (bicyclic) bond motifs is 3. The minimum atomic E-state index is 0.319. The molecular formula is C15H14ClN3O. The van der Waals surface area contributed by atoms with Crippen LogP contribution in [0.25, 0.3) is 21.9 Å². The summed E-state index contributed by atoms with van der Waals surface area (Å²) in [6.45, 7) is 1.53. The van der Waals surface area contributed by atoms with Crippen LogP contribution in [-0.4, -0.2) is 27.7 Å². The lowest BCUT2D eigenvalue weighted by Crippen LogP contribution is -2.11. The molecule has 1 aliphatic rings. The molecule has 1 aromatic carbocycles. The lowest BCUT2D eigenvalue weighted by atomic mass is 10.1. The summed E-state index contributed by atoms with van der Waals surface area (Å²) in [7, 11) is 0. The Bertz CT molecular complexity index is 777. The van der Waals surface area contributed by atoms with E-state index in [1.807, 2.05) is 24.4 Å². The third-order valence-electron chi connectivity index (χ3n) is 3.89. The number of hydrogen-bond donors (Lipinski definition) is 0. The Morgan fingerprint density at radius 3 is 3.00 bits per heavy atom. The van der Waals surface area contributed by atoms with Gasteiger partial charge in [-0.25, -0.2) is 4.98 Å². The van der Waals surface area contributed by atoms with Gasteiger partial charge in [-0.05, 0) is 12.5 Å². The molecule has 4 rings (SSSR count). The number of para-hydroxylation sites is 1. The van der Waals surface area contributed by atoms with Crippen molar-refractivity contribution in [1.29, 1.82) is 0 Å². The third-order valence-corrected chi connectivity index (χ3v) is 4.13. The molecule has 0 N–H and O–H groups in total. The lowest BCUT2D eigenvalue weighted by Gasteiger charge is -2.15. The van der Waals surface area contributed by atoms with Crippen LogP contribution in [0.15, 0.2) is 30.5 Å². The maximum atomic E-state index is 6.09. The first kappa shape index (κ1) is 12.1. The average Bonchev–Trinajstić information content (AvgIpc) is 3.13. The lowest BCUT2D eigenvalue weighted by molar-refractivity contribution is 0.187. The minimum absolute atomic E-state index is 0.319. The Morgan fingerprint density at radius 1 is 1.30 bits per heavy atom. The molecule has 0 radical (unpaired) electrons. The van der Waals surface area contributed by atoms with Gasteiger partial charge in [0.1, 0.15) is 11.3 Å². The molecule has 0 amide bonds. The van der Waals surface area contributed by atoms with Crippen LogP contribution in [0.5, 0.6) is 0 Å². The number of aromatic nitrogens is 3. The summed E-state index contributed by atoms with van der Waals surface area (Å²) in [6, 6.07) is 8.48. The fraction of sp³-hybridized carbons (Fsp3) is 0.333. The van der Waals surface area contributed by atoms with Gasteiger partial charge in [0.05, 0.1) is 35.8 Å². The number of ether oxygens (including phenoxy) is 1. The van der Waals surface area contributed by atoms with Crippen molar-refractivity contribution in [3.05, 3.63) is 36.3 Å². The van der Waals surface area contributed by atoms with E-state index < -0.39 is 0 Å². The minimum Gasteiger partial charge on any atom is -0.379 e. The van der Waals surface area contributed by atoms with Gasteiger partial charge < -0.3 is 9.30 Å². The van der Waals surface area contributed by atoms with Crippen molar-refractivity contribution in [2.45, 2.75) is 18.3 Å². The fourth-order valence-corrected chi connectivity index (χ4v) is 3.18. The standard InChI is InChI=1S/C15H14ClN3O/c16-7-14-18-13-8-17-12-4-2-1-3-11(12)15(13)19(14)10-5-6-20-9-10/h1-4,8,10H,5-7,9H2. The van der Waals surface area contributed by atoms with Crippen LogP contribution in [0.4, 0.5) is 0 Å². The van der Waals surface area contributed by atoms with Crippen LogP contribution in [0.1, 0.15) is 18.3 Å². The third kappa shape index (κ3) is 1.72. The van der Waals surface area contributed by atoms with Crippen molar-refractivity contribution >= 4 is 33.5 Å². The number of alkyl halides is 1. The summed E-state index contributed by atoms with van der Waals surface area (Å²) in [6.07, 6.45) is 2.84. The van der Waals surface area contributed by atoms with Crippen LogP contribution in [0.2, 0.25) is 0 Å². The number of halogens is 1. The maximum Gasteiger partial charge on any atom is 0.125 e. The second-order valence-electron chi connectivity index (χ2n) is 5.06. The normalized spacial score (nSPS) is 19.1. The van der Waals surface area contributed by atoms with Crippen LogP contribution in [0.3, 0.4) is 0 Å². The predicted molar refractivity (Wildman–Crippen MR) is 79.1 cm³/mol. The Labute approximate surface area is 121 Å². The van der Waals surface area contributed by atoms with E-state index in [-0.39, 0.29) is 0 Å². The van der Waals surface area contributed by atoms with Gasteiger partial charge in [-0.3, -0.25) is 4.98 Å². The van der Waals surface area contributed by atoms with E-state index in [0.29, 0.717) is 11.9 Å². The second-order valence-corrected chi connectivity index (χ2v) is 5.33. The zero-order valence-electron chi connectivity index (χ0n) is 10.9. The number of hydrogen-bond acceptors (Lipinski definition) is 3. The van der Waals surface area contributed by atoms with Crippen molar-refractivity contribution in [3.8, 4) is 0 Å². The molecule has 0 spiro atoms. The molecule has 1 fully saturated rings. The molecule has 102 valence electrons. The molecule has 0 bridgehead atoms. The van der Waals surface area contributed by atoms with Gasteiger partial charge >= 0.3 is 0 Å². The first-order valence-electron chi connectivity index (χ1n) is 6.77. The van der Waals surface area contributed by atoms with E-state index in [2.05, 4.69) is 20.6 Å². The van der Waals surface area contributed by atoms with E-state index in [9.17, 15) is 0 Å². The van der Waals surface area contributed by atoms with Gasteiger partial charge in [0.15, 0.2) is 0 Å². The average molecular weight is 288 g/mol. The largest absolute Gasteiger partial charge is 0.379 e. The Balaban J connectivity index is 2.09. The van der Waals surface area contributed by atoms with E-state index in [4.69, 9.17) is 16.3 Å². The summed E-state index contributed by atoms with van der Waals surface area (Å²) in [5, 5.41) is 1.13. The van der Waals surface area contributed by atoms with E-state index in [0.717, 1.165) is 47.4 Å². The van der Waals surface area contributed by atoms with Gasteiger partial charge in [-0.2, -0.15) is 0 Å². The molecule has 20 heavy (non-hydrogen) atoms. The molecule has 2 aromatic heterocycles.